The Balaban J connectivity index is 2.28. The van der Waals surface area contributed by atoms with Gasteiger partial charge in [0.15, 0.2) is 0 Å². The molecule has 21 heavy (non-hydrogen) atoms. The van der Waals surface area contributed by atoms with Gasteiger partial charge in [0, 0.05) is 11.6 Å². The fourth-order valence-electron chi connectivity index (χ4n) is 1.75. The molecule has 6 nitrogen and oxygen atoms in total. The molecule has 1 heterocycles. The first-order chi connectivity index (χ1) is 9.72. The van der Waals surface area contributed by atoms with Crippen molar-refractivity contribution in [2.75, 3.05) is 0 Å². The van der Waals surface area contributed by atoms with Crippen LogP contribution in [0.2, 0.25) is 0 Å². The van der Waals surface area contributed by atoms with E-state index < -0.39 is 21.5 Å². The number of carboxylic acid groups (broad SMARTS) is 1. The summed E-state index contributed by atoms with van der Waals surface area (Å²) in [7, 11) is -3.76. The van der Waals surface area contributed by atoms with Crippen molar-refractivity contribution >= 4 is 27.3 Å². The molecule has 0 saturated carbocycles. The van der Waals surface area contributed by atoms with Gasteiger partial charge in [-0.25, -0.2) is 18.2 Å². The number of rotatable bonds is 5. The van der Waals surface area contributed by atoms with E-state index in [2.05, 4.69) is 9.71 Å². The van der Waals surface area contributed by atoms with Gasteiger partial charge in [-0.15, -0.1) is 11.3 Å². The van der Waals surface area contributed by atoms with Crippen LogP contribution in [0, 0.1) is 0 Å². The molecule has 8 heteroatoms. The minimum absolute atomic E-state index is 0.0112. The first-order valence-electron chi connectivity index (χ1n) is 6.00. The minimum atomic E-state index is -3.76. The van der Waals surface area contributed by atoms with Crippen LogP contribution >= 0.6 is 11.3 Å². The first kappa shape index (κ1) is 15.6. The second kappa shape index (κ2) is 5.55. The number of sulfonamides is 1. The van der Waals surface area contributed by atoms with Gasteiger partial charge in [-0.05, 0) is 38.1 Å². The second-order valence-electron chi connectivity index (χ2n) is 4.90. The van der Waals surface area contributed by atoms with Crippen molar-refractivity contribution in [3.63, 3.8) is 0 Å². The summed E-state index contributed by atoms with van der Waals surface area (Å²) in [5, 5.41) is 11.2. The highest BCUT2D eigenvalue weighted by Gasteiger charge is 2.30. The Morgan fingerprint density at radius 2 is 1.90 bits per heavy atom. The third-order valence-electron chi connectivity index (χ3n) is 2.77. The molecule has 0 aliphatic heterocycles. The molecule has 0 radical (unpaired) electrons. The fraction of sp³-hybridized carbons (Fsp3) is 0.231. The molecule has 0 fully saturated rings. The number of nitrogens with one attached hydrogen (secondary N) is 1. The van der Waals surface area contributed by atoms with E-state index in [4.69, 9.17) is 5.11 Å². The van der Waals surface area contributed by atoms with E-state index in [1.54, 1.807) is 25.4 Å². The topological polar surface area (TPSA) is 96.4 Å². The maximum atomic E-state index is 12.3. The predicted molar refractivity (Wildman–Crippen MR) is 78.9 cm³/mol. The highest BCUT2D eigenvalue weighted by molar-refractivity contribution is 7.89. The van der Waals surface area contributed by atoms with Gasteiger partial charge in [0.1, 0.15) is 5.01 Å². The van der Waals surface area contributed by atoms with Crippen LogP contribution in [0.25, 0.3) is 0 Å². The van der Waals surface area contributed by atoms with Crippen molar-refractivity contribution in [1.82, 2.24) is 9.71 Å². The van der Waals surface area contributed by atoms with Gasteiger partial charge < -0.3 is 5.11 Å². The maximum Gasteiger partial charge on any atom is 0.335 e. The van der Waals surface area contributed by atoms with E-state index in [-0.39, 0.29) is 10.5 Å². The number of carboxylic acids is 1. The van der Waals surface area contributed by atoms with Crippen LogP contribution in [-0.2, 0) is 15.6 Å². The number of benzene rings is 1. The van der Waals surface area contributed by atoms with E-state index in [0.717, 1.165) is 0 Å². The van der Waals surface area contributed by atoms with Crippen LogP contribution in [-0.4, -0.2) is 24.5 Å². The zero-order valence-corrected chi connectivity index (χ0v) is 13.0. The smallest absolute Gasteiger partial charge is 0.335 e. The molecular weight excluding hydrogens is 312 g/mol. The third kappa shape index (κ3) is 3.46. The number of hydrogen-bond donors (Lipinski definition) is 2. The quantitative estimate of drug-likeness (QED) is 0.876. The van der Waals surface area contributed by atoms with Crippen LogP contribution in [0.15, 0.2) is 40.7 Å². The fourth-order valence-corrected chi connectivity index (χ4v) is 3.91. The number of hydrogen-bond acceptors (Lipinski definition) is 5. The molecular formula is C13H14N2O4S2. The van der Waals surface area contributed by atoms with Crippen molar-refractivity contribution in [2.45, 2.75) is 24.3 Å². The molecule has 1 aromatic carbocycles. The molecule has 0 unspecified atom stereocenters. The summed E-state index contributed by atoms with van der Waals surface area (Å²) < 4.78 is 27.3. The van der Waals surface area contributed by atoms with E-state index in [9.17, 15) is 13.2 Å². The summed E-state index contributed by atoms with van der Waals surface area (Å²) in [5.41, 5.74) is -0.813. The van der Waals surface area contributed by atoms with Crippen LogP contribution in [0.1, 0.15) is 29.2 Å². The Bertz CT molecular complexity index is 735. The summed E-state index contributed by atoms with van der Waals surface area (Å²) in [4.78, 5) is 14.9. The van der Waals surface area contributed by atoms with E-state index >= 15 is 0 Å². The van der Waals surface area contributed by atoms with E-state index in [1.807, 2.05) is 0 Å². The van der Waals surface area contributed by atoms with Gasteiger partial charge >= 0.3 is 5.97 Å². The summed E-state index contributed by atoms with van der Waals surface area (Å²) in [6.07, 6.45) is 1.61. The standard InChI is InChI=1S/C13H14N2O4S2/c1-13(2,12-14-7-8-20-12)15-21(18,19)10-5-3-9(4-6-10)11(16)17/h3-8,15H,1-2H3,(H,16,17). The largest absolute Gasteiger partial charge is 0.478 e. The number of aromatic carboxylic acids is 1. The molecule has 0 aliphatic rings. The lowest BCUT2D eigenvalue weighted by molar-refractivity contribution is 0.0696. The Kier molecular flexibility index (Phi) is 4.13. The summed E-state index contributed by atoms with van der Waals surface area (Å²) in [5.74, 6) is -1.10. The second-order valence-corrected chi connectivity index (χ2v) is 7.47. The number of aromatic nitrogens is 1. The molecule has 0 atom stereocenters. The summed E-state index contributed by atoms with van der Waals surface area (Å²) in [6, 6.07) is 5.05. The summed E-state index contributed by atoms with van der Waals surface area (Å²) in [6.45, 7) is 3.43. The lowest BCUT2D eigenvalue weighted by Crippen LogP contribution is -2.40. The zero-order valence-electron chi connectivity index (χ0n) is 11.4. The predicted octanol–water partition coefficient (Wildman–Crippen LogP) is 2.05. The molecule has 0 amide bonds. The third-order valence-corrected chi connectivity index (χ3v) is 5.54. The Labute approximate surface area is 126 Å². The molecule has 2 aromatic rings. The van der Waals surface area contributed by atoms with Crippen molar-refractivity contribution < 1.29 is 18.3 Å². The average Bonchev–Trinajstić information content (AvgIpc) is 2.92. The van der Waals surface area contributed by atoms with E-state index in [1.165, 1.54) is 35.6 Å². The van der Waals surface area contributed by atoms with Gasteiger partial charge in [-0.3, -0.25) is 0 Å². The van der Waals surface area contributed by atoms with Crippen molar-refractivity contribution in [3.05, 3.63) is 46.4 Å². The van der Waals surface area contributed by atoms with Crippen LogP contribution in [0.5, 0.6) is 0 Å². The Morgan fingerprint density at radius 1 is 1.29 bits per heavy atom. The van der Waals surface area contributed by atoms with Gasteiger partial charge in [0.2, 0.25) is 10.0 Å². The molecule has 2 N–H and O–H groups in total. The van der Waals surface area contributed by atoms with Crippen LogP contribution in [0.3, 0.4) is 0 Å². The van der Waals surface area contributed by atoms with Gasteiger partial charge in [-0.1, -0.05) is 0 Å². The lowest BCUT2D eigenvalue weighted by Gasteiger charge is -2.23. The number of nitrogens with zero attached hydrogens (tertiary/aromatic N) is 1. The maximum absolute atomic E-state index is 12.3. The van der Waals surface area contributed by atoms with Crippen LogP contribution in [0.4, 0.5) is 0 Å². The monoisotopic (exact) mass is 326 g/mol. The Hall–Kier alpha value is -1.77. The Morgan fingerprint density at radius 3 is 2.38 bits per heavy atom. The van der Waals surface area contributed by atoms with Crippen molar-refractivity contribution in [3.8, 4) is 0 Å². The van der Waals surface area contributed by atoms with Gasteiger partial charge in [0.05, 0.1) is 16.0 Å². The molecule has 0 saturated heterocycles. The molecule has 2 rings (SSSR count). The molecule has 0 aliphatic carbocycles. The molecule has 0 spiro atoms. The van der Waals surface area contributed by atoms with Crippen molar-refractivity contribution in [2.24, 2.45) is 0 Å². The van der Waals surface area contributed by atoms with Gasteiger partial charge in [0.25, 0.3) is 0 Å². The lowest BCUT2D eigenvalue weighted by atomic mass is 10.1. The normalized spacial score (nSPS) is 12.3. The van der Waals surface area contributed by atoms with E-state index in [0.29, 0.717) is 5.01 Å². The SMILES string of the molecule is CC(C)(NS(=O)(=O)c1ccc(C(=O)O)cc1)c1nccs1. The van der Waals surface area contributed by atoms with Gasteiger partial charge in [-0.2, -0.15) is 4.72 Å². The van der Waals surface area contributed by atoms with Crippen LogP contribution < -0.4 is 4.72 Å². The highest BCUT2D eigenvalue weighted by Crippen LogP contribution is 2.24. The number of carbonyl (C=O) groups is 1. The summed E-state index contributed by atoms with van der Waals surface area (Å²) >= 11 is 1.36. The highest BCUT2D eigenvalue weighted by atomic mass is 32.2. The first-order valence-corrected chi connectivity index (χ1v) is 8.36. The zero-order chi connectivity index (χ0) is 15.7. The van der Waals surface area contributed by atoms with Crippen molar-refractivity contribution in [1.29, 1.82) is 0 Å². The minimum Gasteiger partial charge on any atom is -0.478 e. The average molecular weight is 326 g/mol. The molecule has 1 aromatic heterocycles. The molecule has 0 bridgehead atoms. The molecule has 112 valence electrons. The number of thiazole rings is 1.